The van der Waals surface area contributed by atoms with Crippen molar-refractivity contribution in [3.05, 3.63) is 10.4 Å². The van der Waals surface area contributed by atoms with Crippen LogP contribution in [-0.2, 0) is 9.59 Å². The van der Waals surface area contributed by atoms with E-state index in [-0.39, 0.29) is 48.6 Å². The first kappa shape index (κ1) is 30.0. The highest BCUT2D eigenvalue weighted by molar-refractivity contribution is 8.00. The van der Waals surface area contributed by atoms with E-state index in [1.807, 2.05) is 23.5 Å². The highest BCUT2D eigenvalue weighted by Gasteiger charge is 2.43. The van der Waals surface area contributed by atoms with Crippen LogP contribution in [0.4, 0.5) is 9.59 Å². The van der Waals surface area contributed by atoms with E-state index in [9.17, 15) is 19.2 Å². The van der Waals surface area contributed by atoms with Gasteiger partial charge in [0.25, 0.3) is 0 Å². The van der Waals surface area contributed by atoms with Gasteiger partial charge in [-0.25, -0.2) is 9.59 Å². The Kier molecular flexibility index (Phi) is 12.5. The number of nitrogens with one attached hydrogen (secondary N) is 5. The number of thioether (sulfide) groups is 2. The van der Waals surface area contributed by atoms with Gasteiger partial charge in [-0.15, -0.1) is 0 Å². The number of carbonyl (C=O) groups excluding carboxylic acids is 3. The Morgan fingerprint density at radius 3 is 1.97 bits per heavy atom. The molecule has 13 nitrogen and oxygen atoms in total. The molecule has 0 aliphatic carbocycles. The Balaban J connectivity index is 0.000000221. The third-order valence-electron chi connectivity index (χ3n) is 6.97. The monoisotopic (exact) mass is 570 g/mol. The summed E-state index contributed by atoms with van der Waals surface area (Å²) < 4.78 is 0. The molecule has 5 amide bonds. The molecule has 4 heterocycles. The lowest BCUT2D eigenvalue weighted by Gasteiger charge is -2.16. The highest BCUT2D eigenvalue weighted by atomic mass is 32.2. The van der Waals surface area contributed by atoms with Crippen LogP contribution in [0.1, 0.15) is 57.8 Å². The van der Waals surface area contributed by atoms with Gasteiger partial charge in [0.15, 0.2) is 0 Å². The second-order valence-electron chi connectivity index (χ2n) is 9.79. The molecule has 0 saturated carbocycles. The Bertz CT molecular complexity index is 890. The van der Waals surface area contributed by atoms with Crippen LogP contribution in [0.15, 0.2) is 5.11 Å². The summed E-state index contributed by atoms with van der Waals surface area (Å²) in [6, 6.07) is 0.893. The first-order valence-corrected chi connectivity index (χ1v) is 15.3. The van der Waals surface area contributed by atoms with Crippen LogP contribution in [-0.4, -0.2) is 88.3 Å². The van der Waals surface area contributed by atoms with Gasteiger partial charge < -0.3 is 31.7 Å². The van der Waals surface area contributed by atoms with Gasteiger partial charge in [-0.1, -0.05) is 18.0 Å². The first-order chi connectivity index (χ1) is 18.4. The van der Waals surface area contributed by atoms with E-state index < -0.39 is 5.97 Å². The molecule has 38 heavy (non-hydrogen) atoms. The van der Waals surface area contributed by atoms with Crippen molar-refractivity contribution in [2.75, 3.05) is 24.6 Å². The van der Waals surface area contributed by atoms with Gasteiger partial charge in [0.05, 0.1) is 24.2 Å². The third-order valence-corrected chi connectivity index (χ3v) is 9.99. The predicted octanol–water partition coefficient (Wildman–Crippen LogP) is 2.33. The van der Waals surface area contributed by atoms with Gasteiger partial charge in [-0.3, -0.25) is 9.59 Å². The van der Waals surface area contributed by atoms with Crippen LogP contribution in [0.25, 0.3) is 10.4 Å². The number of unbranched alkanes of at least 4 members (excludes halogenated alkanes) is 2. The number of rotatable bonds is 14. The minimum absolute atomic E-state index is 0.0497. The number of hydrogen-bond acceptors (Lipinski definition) is 7. The van der Waals surface area contributed by atoms with Crippen molar-refractivity contribution < 1.29 is 24.3 Å². The van der Waals surface area contributed by atoms with E-state index in [0.29, 0.717) is 36.4 Å². The van der Waals surface area contributed by atoms with E-state index in [1.54, 1.807) is 0 Å². The topological polar surface area (TPSA) is 197 Å². The molecule has 0 spiro atoms. The molecule has 0 aromatic heterocycles. The van der Waals surface area contributed by atoms with Gasteiger partial charge in [0, 0.05) is 52.8 Å². The first-order valence-electron chi connectivity index (χ1n) is 13.2. The smallest absolute Gasteiger partial charge is 0.315 e. The molecule has 0 bridgehead atoms. The zero-order chi connectivity index (χ0) is 27.3. The third kappa shape index (κ3) is 9.66. The Morgan fingerprint density at radius 1 is 0.895 bits per heavy atom. The number of carboxylic acid groups (broad SMARTS) is 1. The van der Waals surface area contributed by atoms with Gasteiger partial charge in [0.1, 0.15) is 0 Å². The summed E-state index contributed by atoms with van der Waals surface area (Å²) in [7, 11) is 0. The molecule has 0 aromatic carbocycles. The molecule has 4 aliphatic rings. The number of fused-ring (bicyclic) bond motifs is 2. The molecule has 0 radical (unpaired) electrons. The minimum atomic E-state index is -0.729. The van der Waals surface area contributed by atoms with E-state index in [2.05, 4.69) is 36.6 Å². The number of amides is 5. The van der Waals surface area contributed by atoms with Gasteiger partial charge in [0.2, 0.25) is 5.91 Å². The maximum Gasteiger partial charge on any atom is 0.315 e. The second-order valence-corrected chi connectivity index (χ2v) is 12.3. The van der Waals surface area contributed by atoms with E-state index in [4.69, 9.17) is 10.6 Å². The van der Waals surface area contributed by atoms with Gasteiger partial charge in [-0.2, -0.15) is 23.5 Å². The summed E-state index contributed by atoms with van der Waals surface area (Å²) in [6.45, 7) is 0.968. The zero-order valence-electron chi connectivity index (χ0n) is 21.4. The number of carbonyl (C=O) groups is 4. The molecule has 4 rings (SSSR count). The maximum atomic E-state index is 11.6. The zero-order valence-corrected chi connectivity index (χ0v) is 23.0. The number of azide groups is 1. The average molecular weight is 571 g/mol. The van der Waals surface area contributed by atoms with Crippen LogP contribution in [0.2, 0.25) is 0 Å². The lowest BCUT2D eigenvalue weighted by Crippen LogP contribution is -2.36. The van der Waals surface area contributed by atoms with Crippen molar-refractivity contribution in [2.45, 2.75) is 92.5 Å². The highest BCUT2D eigenvalue weighted by Crippen LogP contribution is 2.34. The molecular formula is C23H38N8O5S2. The normalized spacial score (nSPS) is 28.4. The summed E-state index contributed by atoms with van der Waals surface area (Å²) in [5.74, 6) is 1.26. The number of hydrogen-bond donors (Lipinski definition) is 6. The van der Waals surface area contributed by atoms with E-state index in [1.165, 1.54) is 0 Å². The van der Waals surface area contributed by atoms with Crippen LogP contribution in [0.5, 0.6) is 0 Å². The minimum Gasteiger partial charge on any atom is -0.481 e. The fraction of sp³-hybridized carbons (Fsp3) is 0.826. The molecule has 0 aromatic rings. The SMILES string of the molecule is O=C(O)CCCC[C@@H]1SC[C@@H]2NC(=O)N[C@@H]21.[N-]=[N+]=NCCCNC(=O)CCCC[C@@H]1SC[C@@H]2NC(=O)N[C@@H]21. The summed E-state index contributed by atoms with van der Waals surface area (Å²) in [4.78, 5) is 47.0. The van der Waals surface area contributed by atoms with Crippen LogP contribution < -0.4 is 26.6 Å². The van der Waals surface area contributed by atoms with Gasteiger partial charge in [-0.05, 0) is 37.6 Å². The molecule has 4 saturated heterocycles. The molecule has 6 atom stereocenters. The van der Waals surface area contributed by atoms with Gasteiger partial charge >= 0.3 is 18.0 Å². The Morgan fingerprint density at radius 2 is 1.45 bits per heavy atom. The van der Waals surface area contributed by atoms with Crippen molar-refractivity contribution in [1.29, 1.82) is 0 Å². The lowest BCUT2D eigenvalue weighted by atomic mass is 10.0. The number of nitrogens with zero attached hydrogens (tertiary/aromatic N) is 3. The molecular weight excluding hydrogens is 532 g/mol. The Labute approximate surface area is 230 Å². The molecule has 4 aliphatic heterocycles. The molecule has 4 fully saturated rings. The maximum absolute atomic E-state index is 11.6. The van der Waals surface area contributed by atoms with Crippen LogP contribution in [0, 0.1) is 0 Å². The van der Waals surface area contributed by atoms with Crippen LogP contribution >= 0.6 is 23.5 Å². The number of aliphatic carboxylic acids is 1. The lowest BCUT2D eigenvalue weighted by molar-refractivity contribution is -0.137. The van der Waals surface area contributed by atoms with Crippen molar-refractivity contribution in [2.24, 2.45) is 5.11 Å². The quantitative estimate of drug-likeness (QED) is 0.0605. The van der Waals surface area contributed by atoms with E-state index in [0.717, 1.165) is 50.0 Å². The molecule has 6 N–H and O–H groups in total. The van der Waals surface area contributed by atoms with E-state index >= 15 is 0 Å². The number of carboxylic acids is 1. The van der Waals surface area contributed by atoms with Crippen molar-refractivity contribution in [3.8, 4) is 0 Å². The Hall–Kier alpha value is -2.51. The predicted molar refractivity (Wildman–Crippen MR) is 147 cm³/mol. The molecule has 212 valence electrons. The van der Waals surface area contributed by atoms with Crippen molar-refractivity contribution >= 4 is 47.5 Å². The summed E-state index contributed by atoms with van der Waals surface area (Å²) in [5.41, 5.74) is 8.12. The second kappa shape index (κ2) is 15.8. The summed E-state index contributed by atoms with van der Waals surface area (Å²) in [6.07, 6.45) is 6.95. The largest absolute Gasteiger partial charge is 0.481 e. The number of urea groups is 2. The standard InChI is InChI=1S/C13H22N6O2S.C10H16N2O3S/c14-19-16-7-3-6-15-11(20)5-2-1-4-10-12-9(8-22-10)17-13(21)18-12;13-8(14)4-2-1-3-7-9-6(5-16-7)11-10(15)12-9/h9-10,12H,1-8H2,(H,15,20)(H2,17,18,21);6-7,9H,1-5H2,(H,13,14)(H2,11,12,15)/t9-,10-,12-;6-,7-,9-/m00/s1. The molecule has 0 unspecified atom stereocenters. The average Bonchev–Trinajstić information content (AvgIpc) is 3.62. The van der Waals surface area contributed by atoms with Crippen molar-refractivity contribution in [3.63, 3.8) is 0 Å². The molecule has 15 heteroatoms. The summed E-state index contributed by atoms with van der Waals surface area (Å²) in [5, 5.41) is 27.4. The fourth-order valence-electron chi connectivity index (χ4n) is 5.05. The fourth-order valence-corrected chi connectivity index (χ4v) is 8.14. The van der Waals surface area contributed by atoms with Crippen LogP contribution in [0.3, 0.4) is 0 Å². The van der Waals surface area contributed by atoms with Crippen molar-refractivity contribution in [1.82, 2.24) is 26.6 Å². The summed E-state index contributed by atoms with van der Waals surface area (Å²) >= 11 is 3.77.